The van der Waals surface area contributed by atoms with Crippen LogP contribution in [-0.4, -0.2) is 96.2 Å². The highest BCUT2D eigenvalue weighted by molar-refractivity contribution is 6.25. The zero-order valence-electron chi connectivity index (χ0n) is 17.4. The second kappa shape index (κ2) is 11.2. The third kappa shape index (κ3) is 6.73. The summed E-state index contributed by atoms with van der Waals surface area (Å²) in [5.41, 5.74) is 6.50. The van der Waals surface area contributed by atoms with Crippen LogP contribution in [0, 0.1) is 10.8 Å². The fourth-order valence-corrected chi connectivity index (χ4v) is 3.67. The van der Waals surface area contributed by atoms with Crippen molar-refractivity contribution in [2.75, 3.05) is 39.3 Å². The maximum atomic E-state index is 12.8. The minimum atomic E-state index is -0.715. The lowest BCUT2D eigenvalue weighted by Crippen LogP contribution is -2.50. The van der Waals surface area contributed by atoms with E-state index in [0.717, 1.165) is 25.8 Å². The third-order valence-corrected chi connectivity index (χ3v) is 5.20. The first-order valence-electron chi connectivity index (χ1n) is 10.2. The van der Waals surface area contributed by atoms with E-state index in [2.05, 4.69) is 9.89 Å². The van der Waals surface area contributed by atoms with Crippen molar-refractivity contribution in [3.8, 4) is 0 Å². The summed E-state index contributed by atoms with van der Waals surface area (Å²) in [7, 11) is 0. The number of rotatable bonds is 9. The van der Waals surface area contributed by atoms with Crippen molar-refractivity contribution in [3.63, 3.8) is 0 Å². The van der Waals surface area contributed by atoms with Crippen LogP contribution in [0.4, 0.5) is 0 Å². The Balaban J connectivity index is 2.04. The van der Waals surface area contributed by atoms with Crippen molar-refractivity contribution in [2.24, 2.45) is 10.7 Å². The molecule has 0 bridgehead atoms. The fraction of sp³-hybridized carbons (Fsp3) is 0.700. The largest absolute Gasteiger partial charge is 0.395 e. The van der Waals surface area contributed by atoms with Crippen molar-refractivity contribution in [1.82, 2.24) is 9.80 Å². The highest BCUT2D eigenvalue weighted by atomic mass is 16.5. The molecule has 2 atom stereocenters. The van der Waals surface area contributed by atoms with Crippen LogP contribution < -0.4 is 5.73 Å². The lowest BCUT2D eigenvalue weighted by molar-refractivity contribution is -0.133. The van der Waals surface area contributed by atoms with Crippen LogP contribution in [0.3, 0.4) is 0 Å². The number of nitrogens with zero attached hydrogens (tertiary/aromatic N) is 3. The second-order valence-corrected chi connectivity index (χ2v) is 7.70. The molecule has 2 rings (SSSR count). The molecule has 0 aromatic rings. The van der Waals surface area contributed by atoms with Crippen LogP contribution in [0.2, 0.25) is 0 Å². The summed E-state index contributed by atoms with van der Waals surface area (Å²) in [5.74, 6) is -0.0769. The molecule has 2 aliphatic rings. The summed E-state index contributed by atoms with van der Waals surface area (Å²) in [6.45, 7) is 7.27. The van der Waals surface area contributed by atoms with Crippen molar-refractivity contribution in [1.29, 1.82) is 10.8 Å². The monoisotopic (exact) mass is 406 g/mol. The molecule has 0 aromatic heterocycles. The number of amides is 1. The van der Waals surface area contributed by atoms with Gasteiger partial charge < -0.3 is 31.3 Å². The number of hydrogen-bond donors (Lipinski definition) is 4. The number of aliphatic hydroxyl groups is 1. The van der Waals surface area contributed by atoms with E-state index in [4.69, 9.17) is 26.4 Å². The van der Waals surface area contributed by atoms with E-state index in [0.29, 0.717) is 37.3 Å². The SMILES string of the molecule is CC(C)OC1C=C(C(=N)C(CC(=O)N2CCN(CCO)CC2)N=CN)C(=N)CC1. The summed E-state index contributed by atoms with van der Waals surface area (Å²) >= 11 is 0. The molecule has 1 saturated heterocycles. The first-order valence-corrected chi connectivity index (χ1v) is 10.2. The van der Waals surface area contributed by atoms with E-state index in [1.54, 1.807) is 4.90 Å². The molecular weight excluding hydrogens is 372 g/mol. The standard InChI is InChI=1S/C20H34N6O3/c1-14(2)29-15-3-4-17(22)16(11-15)20(23)18(24-13-21)12-19(28)26-7-5-25(6-8-26)9-10-27/h11,13-15,18,22-23,27H,3-10,12H2,1-2H3,(H2,21,24). The van der Waals surface area contributed by atoms with Gasteiger partial charge in [0.2, 0.25) is 5.91 Å². The van der Waals surface area contributed by atoms with Gasteiger partial charge in [0.25, 0.3) is 0 Å². The predicted molar refractivity (Wildman–Crippen MR) is 114 cm³/mol. The highest BCUT2D eigenvalue weighted by Gasteiger charge is 2.29. The molecule has 9 nitrogen and oxygen atoms in total. The number of nitrogens with two attached hydrogens (primary N) is 1. The molecule has 5 N–H and O–H groups in total. The zero-order valence-corrected chi connectivity index (χ0v) is 17.4. The number of carbonyl (C=O) groups excluding carboxylic acids is 1. The number of carbonyl (C=O) groups is 1. The number of β-amino-alcohol motifs (C(OH)–C–C–N with tert-alkyl or cyclic N) is 1. The number of aliphatic hydroxyl groups excluding tert-OH is 1. The number of nitrogens with one attached hydrogen (secondary N) is 2. The molecular formula is C20H34N6O3. The summed E-state index contributed by atoms with van der Waals surface area (Å²) in [6.07, 6.45) is 4.15. The van der Waals surface area contributed by atoms with Crippen molar-refractivity contribution in [2.45, 2.75) is 51.4 Å². The molecule has 1 amide bonds. The van der Waals surface area contributed by atoms with Crippen molar-refractivity contribution < 1.29 is 14.6 Å². The van der Waals surface area contributed by atoms with Crippen LogP contribution in [-0.2, 0) is 9.53 Å². The van der Waals surface area contributed by atoms with E-state index >= 15 is 0 Å². The second-order valence-electron chi connectivity index (χ2n) is 7.70. The molecule has 0 radical (unpaired) electrons. The van der Waals surface area contributed by atoms with Crippen molar-refractivity contribution >= 4 is 23.7 Å². The van der Waals surface area contributed by atoms with Crippen LogP contribution in [0.1, 0.15) is 33.1 Å². The van der Waals surface area contributed by atoms with Gasteiger partial charge in [0.1, 0.15) is 6.04 Å². The maximum absolute atomic E-state index is 12.8. The summed E-state index contributed by atoms with van der Waals surface area (Å²) < 4.78 is 5.84. The van der Waals surface area contributed by atoms with E-state index < -0.39 is 6.04 Å². The summed E-state index contributed by atoms with van der Waals surface area (Å²) in [4.78, 5) is 20.8. The van der Waals surface area contributed by atoms with Gasteiger partial charge >= 0.3 is 0 Å². The normalized spacial score (nSPS) is 22.2. The zero-order chi connectivity index (χ0) is 21.4. The first-order chi connectivity index (χ1) is 13.8. The molecule has 162 valence electrons. The average Bonchev–Trinajstić information content (AvgIpc) is 2.69. The third-order valence-electron chi connectivity index (χ3n) is 5.20. The van der Waals surface area contributed by atoms with Crippen LogP contribution in [0.15, 0.2) is 16.6 Å². The number of ether oxygens (including phenoxy) is 1. The number of hydrogen-bond acceptors (Lipinski definition) is 7. The molecule has 2 unspecified atom stereocenters. The molecule has 29 heavy (non-hydrogen) atoms. The van der Waals surface area contributed by atoms with Gasteiger partial charge in [-0.05, 0) is 32.8 Å². The number of piperazine rings is 1. The van der Waals surface area contributed by atoms with Gasteiger partial charge in [-0.3, -0.25) is 14.7 Å². The summed E-state index contributed by atoms with van der Waals surface area (Å²) in [6, 6.07) is -0.715. The first kappa shape index (κ1) is 23.2. The minimum absolute atomic E-state index is 0.0485. The predicted octanol–water partition coefficient (Wildman–Crippen LogP) is 0.422. The van der Waals surface area contributed by atoms with Gasteiger partial charge in [0.15, 0.2) is 0 Å². The molecule has 0 spiro atoms. The van der Waals surface area contributed by atoms with Gasteiger partial charge in [0.05, 0.1) is 37.3 Å². The Kier molecular flexibility index (Phi) is 8.94. The Bertz CT molecular complexity index is 653. The van der Waals surface area contributed by atoms with Crippen LogP contribution in [0.5, 0.6) is 0 Å². The Labute approximate surface area is 172 Å². The van der Waals surface area contributed by atoms with Gasteiger partial charge in [-0.1, -0.05) is 0 Å². The highest BCUT2D eigenvalue weighted by Crippen LogP contribution is 2.22. The van der Waals surface area contributed by atoms with Gasteiger partial charge in [-0.15, -0.1) is 0 Å². The maximum Gasteiger partial charge on any atom is 0.225 e. The Morgan fingerprint density at radius 3 is 2.69 bits per heavy atom. The van der Waals surface area contributed by atoms with Gasteiger partial charge in [-0.25, -0.2) is 0 Å². The quantitative estimate of drug-likeness (QED) is 0.325. The Hall–Kier alpha value is -2.10. The minimum Gasteiger partial charge on any atom is -0.395 e. The van der Waals surface area contributed by atoms with Crippen molar-refractivity contribution in [3.05, 3.63) is 11.6 Å². The van der Waals surface area contributed by atoms with E-state index in [1.165, 1.54) is 0 Å². The molecule has 1 heterocycles. The fourth-order valence-electron chi connectivity index (χ4n) is 3.67. The summed E-state index contributed by atoms with van der Waals surface area (Å²) in [5, 5.41) is 25.9. The molecule has 1 fully saturated rings. The number of aliphatic imine (C=N–C) groups is 1. The van der Waals surface area contributed by atoms with Crippen LogP contribution in [0.25, 0.3) is 0 Å². The molecule has 9 heteroatoms. The van der Waals surface area contributed by atoms with E-state index in [1.807, 2.05) is 19.9 Å². The van der Waals surface area contributed by atoms with Gasteiger partial charge in [-0.2, -0.15) is 0 Å². The molecule has 1 aliphatic heterocycles. The molecule has 1 aliphatic carbocycles. The topological polar surface area (TPSA) is 139 Å². The molecule has 0 saturated carbocycles. The van der Waals surface area contributed by atoms with E-state index in [-0.39, 0.29) is 36.9 Å². The smallest absolute Gasteiger partial charge is 0.225 e. The Morgan fingerprint density at radius 1 is 1.41 bits per heavy atom. The average molecular weight is 407 g/mol. The lowest BCUT2D eigenvalue weighted by Gasteiger charge is -2.35. The van der Waals surface area contributed by atoms with Gasteiger partial charge in [0, 0.05) is 44.0 Å². The van der Waals surface area contributed by atoms with Crippen LogP contribution >= 0.6 is 0 Å². The molecule has 0 aromatic carbocycles. The van der Waals surface area contributed by atoms with E-state index in [9.17, 15) is 4.79 Å². The Morgan fingerprint density at radius 2 is 2.10 bits per heavy atom. The lowest BCUT2D eigenvalue weighted by atomic mass is 9.88.